The molecule has 0 radical (unpaired) electrons. The highest BCUT2D eigenvalue weighted by molar-refractivity contribution is 8.03. The van der Waals surface area contributed by atoms with E-state index in [-0.39, 0.29) is 22.3 Å². The maximum absolute atomic E-state index is 12.8. The highest BCUT2D eigenvalue weighted by Gasteiger charge is 2.32. The number of hydrogen-bond donors (Lipinski definition) is 2. The van der Waals surface area contributed by atoms with E-state index in [1.807, 2.05) is 30.3 Å². The van der Waals surface area contributed by atoms with Gasteiger partial charge >= 0.3 is 6.18 Å². The van der Waals surface area contributed by atoms with Crippen LogP contribution in [0.25, 0.3) is 0 Å². The quantitative estimate of drug-likeness (QED) is 0.738. The summed E-state index contributed by atoms with van der Waals surface area (Å²) in [4.78, 5) is 12.3. The Morgan fingerprint density at radius 2 is 1.74 bits per heavy atom. The van der Waals surface area contributed by atoms with Gasteiger partial charge in [-0.3, -0.25) is 4.79 Å². The predicted molar refractivity (Wildman–Crippen MR) is 99.1 cm³/mol. The van der Waals surface area contributed by atoms with Gasteiger partial charge in [0.1, 0.15) is 10.7 Å². The second-order valence-corrected chi connectivity index (χ2v) is 7.24. The van der Waals surface area contributed by atoms with Crippen molar-refractivity contribution < 1.29 is 23.1 Å². The van der Waals surface area contributed by atoms with Crippen molar-refractivity contribution in [1.29, 1.82) is 0 Å². The van der Waals surface area contributed by atoms with Crippen molar-refractivity contribution in [3.8, 4) is 0 Å². The number of carbonyl (C=O) groups is 1. The molecule has 2 N–H and O–H groups in total. The molecule has 1 aliphatic heterocycles. The molecule has 0 bridgehead atoms. The number of amides is 1. The van der Waals surface area contributed by atoms with Gasteiger partial charge in [-0.25, -0.2) is 0 Å². The molecule has 1 heterocycles. The van der Waals surface area contributed by atoms with Gasteiger partial charge in [-0.15, -0.1) is 11.8 Å². The van der Waals surface area contributed by atoms with Crippen LogP contribution in [0, 0.1) is 0 Å². The summed E-state index contributed by atoms with van der Waals surface area (Å²) >= 11 is 1.05. The highest BCUT2D eigenvalue weighted by atomic mass is 32.2. The largest absolute Gasteiger partial charge is 0.509 e. The second-order valence-electron chi connectivity index (χ2n) is 6.25. The van der Waals surface area contributed by atoms with Crippen LogP contribution in [0.5, 0.6) is 0 Å². The van der Waals surface area contributed by atoms with Gasteiger partial charge in [-0.1, -0.05) is 48.5 Å². The van der Waals surface area contributed by atoms with Crippen LogP contribution in [-0.4, -0.2) is 17.1 Å². The molecule has 0 aromatic heterocycles. The molecule has 0 saturated carbocycles. The van der Waals surface area contributed by atoms with Crippen LogP contribution in [0.15, 0.2) is 65.3 Å². The number of carbonyl (C=O) groups excluding carboxylic acids is 1. The Morgan fingerprint density at radius 3 is 2.44 bits per heavy atom. The topological polar surface area (TPSA) is 49.3 Å². The van der Waals surface area contributed by atoms with Crippen molar-refractivity contribution in [3.63, 3.8) is 0 Å². The minimum Gasteiger partial charge on any atom is -0.509 e. The van der Waals surface area contributed by atoms with E-state index in [2.05, 4.69) is 5.32 Å². The van der Waals surface area contributed by atoms with E-state index in [0.717, 1.165) is 29.5 Å². The Bertz CT molecular complexity index is 850. The first kappa shape index (κ1) is 19.4. The summed E-state index contributed by atoms with van der Waals surface area (Å²) in [7, 11) is 0. The van der Waals surface area contributed by atoms with E-state index >= 15 is 0 Å². The van der Waals surface area contributed by atoms with Crippen LogP contribution in [0.2, 0.25) is 0 Å². The number of hydrogen-bond acceptors (Lipinski definition) is 3. The zero-order valence-electron chi connectivity index (χ0n) is 14.3. The van der Waals surface area contributed by atoms with E-state index in [0.29, 0.717) is 18.4 Å². The molecule has 1 amide bonds. The average Bonchev–Trinajstić information content (AvgIpc) is 2.92. The molecule has 0 aliphatic carbocycles. The van der Waals surface area contributed by atoms with E-state index in [1.54, 1.807) is 6.07 Å². The zero-order chi connectivity index (χ0) is 19.4. The van der Waals surface area contributed by atoms with Gasteiger partial charge in [0.25, 0.3) is 5.91 Å². The van der Waals surface area contributed by atoms with Crippen LogP contribution in [0.3, 0.4) is 0 Å². The number of thioether (sulfide) groups is 1. The molecule has 3 nitrogen and oxygen atoms in total. The van der Waals surface area contributed by atoms with E-state index in [1.165, 1.54) is 6.07 Å². The Morgan fingerprint density at radius 1 is 1.04 bits per heavy atom. The molecule has 142 valence electrons. The van der Waals surface area contributed by atoms with Gasteiger partial charge in [0.15, 0.2) is 0 Å². The number of aliphatic hydroxyl groups is 1. The van der Waals surface area contributed by atoms with Gasteiger partial charge in [0.05, 0.1) is 11.6 Å². The highest BCUT2D eigenvalue weighted by Crippen LogP contribution is 2.33. The first-order valence-corrected chi connectivity index (χ1v) is 9.40. The normalized spacial score (nSPS) is 17.3. The minimum absolute atomic E-state index is 0.0343. The van der Waals surface area contributed by atoms with Crippen molar-refractivity contribution in [2.24, 2.45) is 0 Å². The number of aliphatic hydroxyl groups excluding tert-OH is 1. The SMILES string of the molecule is O=C1NC(CCc2ccccc2)C(O)=C1SCc1cccc(C(F)(F)F)c1. The molecule has 0 fully saturated rings. The third-order valence-electron chi connectivity index (χ3n) is 4.28. The second kappa shape index (κ2) is 8.08. The fourth-order valence-electron chi connectivity index (χ4n) is 2.86. The van der Waals surface area contributed by atoms with Crippen LogP contribution in [-0.2, 0) is 23.1 Å². The van der Waals surface area contributed by atoms with Gasteiger partial charge in [-0.05, 0) is 30.0 Å². The third-order valence-corrected chi connectivity index (χ3v) is 5.44. The number of aryl methyl sites for hydroxylation is 1. The lowest BCUT2D eigenvalue weighted by Crippen LogP contribution is -2.29. The smallest absolute Gasteiger partial charge is 0.416 e. The Kier molecular flexibility index (Phi) is 5.79. The third kappa shape index (κ3) is 4.86. The zero-order valence-corrected chi connectivity index (χ0v) is 15.1. The molecule has 3 rings (SSSR count). The Labute approximate surface area is 159 Å². The molecule has 1 atom stereocenters. The standard InChI is InChI=1S/C20H18F3NO2S/c21-20(22,23)15-8-4-7-14(11-15)12-27-18-17(25)16(24-19(18)26)10-9-13-5-2-1-3-6-13/h1-8,11,16,25H,9-10,12H2,(H,24,26). The fraction of sp³-hybridized carbons (Fsp3) is 0.250. The van der Waals surface area contributed by atoms with Gasteiger partial charge in [0.2, 0.25) is 0 Å². The maximum Gasteiger partial charge on any atom is 0.416 e. The van der Waals surface area contributed by atoms with Crippen molar-refractivity contribution >= 4 is 17.7 Å². The predicted octanol–water partition coefficient (Wildman–Crippen LogP) is 4.84. The molecule has 1 unspecified atom stereocenters. The number of benzene rings is 2. The molecule has 0 spiro atoms. The first-order chi connectivity index (χ1) is 12.8. The monoisotopic (exact) mass is 393 g/mol. The molecular formula is C20H18F3NO2S. The minimum atomic E-state index is -4.41. The van der Waals surface area contributed by atoms with Gasteiger partial charge in [-0.2, -0.15) is 13.2 Å². The lowest BCUT2D eigenvalue weighted by molar-refractivity contribution is -0.137. The molecule has 1 aliphatic rings. The molecule has 2 aromatic carbocycles. The van der Waals surface area contributed by atoms with Crippen LogP contribution in [0.1, 0.15) is 23.1 Å². The van der Waals surface area contributed by atoms with Crippen molar-refractivity contribution in [1.82, 2.24) is 5.32 Å². The van der Waals surface area contributed by atoms with E-state index in [9.17, 15) is 23.1 Å². The summed E-state index contributed by atoms with van der Waals surface area (Å²) < 4.78 is 38.4. The first-order valence-electron chi connectivity index (χ1n) is 8.41. The molecule has 2 aromatic rings. The fourth-order valence-corrected chi connectivity index (χ4v) is 3.83. The van der Waals surface area contributed by atoms with Gasteiger partial charge in [0, 0.05) is 5.75 Å². The summed E-state index contributed by atoms with van der Waals surface area (Å²) in [5.74, 6) is -0.252. The summed E-state index contributed by atoms with van der Waals surface area (Å²) in [5, 5.41) is 13.1. The van der Waals surface area contributed by atoms with Crippen LogP contribution >= 0.6 is 11.8 Å². The van der Waals surface area contributed by atoms with Crippen molar-refractivity contribution in [2.75, 3.05) is 0 Å². The lowest BCUT2D eigenvalue weighted by atomic mass is 10.1. The summed E-state index contributed by atoms with van der Waals surface area (Å²) in [6, 6.07) is 14.2. The maximum atomic E-state index is 12.8. The summed E-state index contributed by atoms with van der Waals surface area (Å²) in [6.07, 6.45) is -3.16. The van der Waals surface area contributed by atoms with Crippen molar-refractivity contribution in [3.05, 3.63) is 82.0 Å². The van der Waals surface area contributed by atoms with E-state index < -0.39 is 17.8 Å². The van der Waals surface area contributed by atoms with Crippen molar-refractivity contribution in [2.45, 2.75) is 30.8 Å². The Hall–Kier alpha value is -2.41. The van der Waals surface area contributed by atoms with Crippen LogP contribution in [0.4, 0.5) is 13.2 Å². The molecule has 0 saturated heterocycles. The molecular weight excluding hydrogens is 375 g/mol. The number of rotatable bonds is 6. The van der Waals surface area contributed by atoms with Crippen LogP contribution < -0.4 is 5.32 Å². The number of halogens is 3. The van der Waals surface area contributed by atoms with E-state index in [4.69, 9.17) is 0 Å². The molecule has 27 heavy (non-hydrogen) atoms. The summed E-state index contributed by atoms with van der Waals surface area (Å²) in [6.45, 7) is 0. The number of alkyl halides is 3. The molecule has 7 heteroatoms. The van der Waals surface area contributed by atoms with Gasteiger partial charge < -0.3 is 10.4 Å². The summed E-state index contributed by atoms with van der Waals surface area (Å²) in [5.41, 5.74) is 0.815. The number of nitrogens with one attached hydrogen (secondary N) is 1. The Balaban J connectivity index is 1.63. The average molecular weight is 393 g/mol. The lowest BCUT2D eigenvalue weighted by Gasteiger charge is -2.10.